The van der Waals surface area contributed by atoms with E-state index in [9.17, 15) is 4.79 Å². The summed E-state index contributed by atoms with van der Waals surface area (Å²) in [5.41, 5.74) is 0.523. The first-order valence-corrected chi connectivity index (χ1v) is 7.45. The number of benzene rings is 1. The number of carbonyl (C=O) groups excluding carboxylic acids is 1. The Morgan fingerprint density at radius 2 is 2.00 bits per heavy atom. The van der Waals surface area contributed by atoms with Crippen LogP contribution in [0.4, 0.5) is 0 Å². The molecule has 0 radical (unpaired) electrons. The quantitative estimate of drug-likeness (QED) is 0.926. The Kier molecular flexibility index (Phi) is 5.31. The van der Waals surface area contributed by atoms with Gasteiger partial charge in [0.1, 0.15) is 0 Å². The third-order valence-corrected chi connectivity index (χ3v) is 3.51. The first-order valence-electron chi connectivity index (χ1n) is 7.07. The van der Waals surface area contributed by atoms with E-state index >= 15 is 0 Å². The predicted octanol–water partition coefficient (Wildman–Crippen LogP) is 2.18. The van der Waals surface area contributed by atoms with Crippen LogP contribution in [0.2, 0.25) is 5.02 Å². The Bertz CT molecular complexity index is 514. The number of nitrogens with one attached hydrogen (secondary N) is 1. The van der Waals surface area contributed by atoms with Gasteiger partial charge in [0.2, 0.25) is 0 Å². The molecule has 0 aromatic heterocycles. The molecule has 0 bridgehead atoms. The lowest BCUT2D eigenvalue weighted by Gasteiger charge is -2.27. The van der Waals surface area contributed by atoms with Gasteiger partial charge in [0, 0.05) is 31.7 Å². The number of halogens is 1. The van der Waals surface area contributed by atoms with E-state index in [2.05, 4.69) is 5.32 Å². The highest BCUT2D eigenvalue weighted by Gasteiger charge is 2.21. The molecule has 0 saturated carbocycles. The van der Waals surface area contributed by atoms with Crippen molar-refractivity contribution in [1.82, 2.24) is 10.2 Å². The molecule has 0 atom stereocenters. The second kappa shape index (κ2) is 7.00. The maximum absolute atomic E-state index is 12.5. The van der Waals surface area contributed by atoms with Gasteiger partial charge < -0.3 is 19.7 Å². The topological polar surface area (TPSA) is 50.8 Å². The van der Waals surface area contributed by atoms with E-state index in [1.807, 2.05) is 18.7 Å². The summed E-state index contributed by atoms with van der Waals surface area (Å²) in [6.07, 6.45) is -0.0221. The van der Waals surface area contributed by atoms with Crippen molar-refractivity contribution >= 4 is 17.5 Å². The number of carbonyl (C=O) groups is 1. The highest BCUT2D eigenvalue weighted by molar-refractivity contribution is 6.32. The Balaban J connectivity index is 2.28. The van der Waals surface area contributed by atoms with E-state index in [0.717, 1.165) is 13.1 Å². The molecule has 116 valence electrons. The van der Waals surface area contributed by atoms with Crippen molar-refractivity contribution in [3.63, 3.8) is 0 Å². The monoisotopic (exact) mass is 312 g/mol. The number of methoxy groups -OCH3 is 1. The average molecular weight is 313 g/mol. The van der Waals surface area contributed by atoms with Crippen LogP contribution in [0.5, 0.6) is 11.5 Å². The van der Waals surface area contributed by atoms with Gasteiger partial charge in [-0.2, -0.15) is 0 Å². The van der Waals surface area contributed by atoms with Crippen LogP contribution in [-0.2, 0) is 0 Å². The molecular weight excluding hydrogens is 292 g/mol. The summed E-state index contributed by atoms with van der Waals surface area (Å²) in [4.78, 5) is 14.3. The fourth-order valence-corrected chi connectivity index (χ4v) is 2.50. The number of ether oxygens (including phenoxy) is 2. The summed E-state index contributed by atoms with van der Waals surface area (Å²) in [6, 6.07) is 3.33. The van der Waals surface area contributed by atoms with Crippen molar-refractivity contribution in [2.45, 2.75) is 20.0 Å². The lowest BCUT2D eigenvalue weighted by molar-refractivity contribution is 0.0735. The normalized spacial score (nSPS) is 15.2. The van der Waals surface area contributed by atoms with Crippen LogP contribution in [0, 0.1) is 0 Å². The van der Waals surface area contributed by atoms with Crippen molar-refractivity contribution < 1.29 is 14.3 Å². The molecule has 21 heavy (non-hydrogen) atoms. The lowest BCUT2D eigenvalue weighted by atomic mass is 10.1. The van der Waals surface area contributed by atoms with Crippen molar-refractivity contribution in [2.75, 3.05) is 33.3 Å². The number of nitrogens with zero attached hydrogens (tertiary/aromatic N) is 1. The first-order chi connectivity index (χ1) is 10.0. The van der Waals surface area contributed by atoms with Crippen molar-refractivity contribution in [3.8, 4) is 11.5 Å². The molecule has 5 nitrogen and oxygen atoms in total. The molecule has 1 N–H and O–H groups in total. The zero-order chi connectivity index (χ0) is 15.4. The summed E-state index contributed by atoms with van der Waals surface area (Å²) in [5, 5.41) is 3.61. The van der Waals surface area contributed by atoms with Crippen LogP contribution in [-0.4, -0.2) is 50.2 Å². The minimum absolute atomic E-state index is 0.0221. The molecule has 6 heteroatoms. The average Bonchev–Trinajstić information content (AvgIpc) is 2.48. The van der Waals surface area contributed by atoms with Crippen molar-refractivity contribution in [2.24, 2.45) is 0 Å². The summed E-state index contributed by atoms with van der Waals surface area (Å²) in [7, 11) is 1.54. The molecule has 1 aromatic rings. The largest absolute Gasteiger partial charge is 0.493 e. The van der Waals surface area contributed by atoms with Crippen LogP contribution in [0.3, 0.4) is 0 Å². The van der Waals surface area contributed by atoms with Gasteiger partial charge in [-0.3, -0.25) is 4.79 Å². The molecule has 2 rings (SSSR count). The highest BCUT2D eigenvalue weighted by atomic mass is 35.5. The third-order valence-electron chi connectivity index (χ3n) is 3.23. The van der Waals surface area contributed by atoms with Crippen LogP contribution >= 0.6 is 11.6 Å². The maximum atomic E-state index is 12.5. The van der Waals surface area contributed by atoms with Gasteiger partial charge in [-0.1, -0.05) is 11.6 Å². The SMILES string of the molecule is COc1cc(C(=O)N2CCNCC2)cc(Cl)c1OC(C)C. The molecule has 1 aliphatic rings. The van der Waals surface area contributed by atoms with Gasteiger partial charge in [-0.25, -0.2) is 0 Å². The van der Waals surface area contributed by atoms with Crippen LogP contribution in [0.25, 0.3) is 0 Å². The fourth-order valence-electron chi connectivity index (χ4n) is 2.24. The molecule has 1 aliphatic heterocycles. The Labute approximate surface area is 130 Å². The molecule has 0 unspecified atom stereocenters. The fraction of sp³-hybridized carbons (Fsp3) is 0.533. The molecule has 1 heterocycles. The second-order valence-corrected chi connectivity index (χ2v) is 5.61. The van der Waals surface area contributed by atoms with E-state index < -0.39 is 0 Å². The van der Waals surface area contributed by atoms with Crippen LogP contribution in [0.15, 0.2) is 12.1 Å². The summed E-state index contributed by atoms with van der Waals surface area (Å²) >= 11 is 6.25. The Morgan fingerprint density at radius 3 is 2.57 bits per heavy atom. The van der Waals surface area contributed by atoms with Gasteiger partial charge in [-0.05, 0) is 26.0 Å². The summed E-state index contributed by atoms with van der Waals surface area (Å²) < 4.78 is 11.0. The van der Waals surface area contributed by atoms with E-state index in [4.69, 9.17) is 21.1 Å². The molecule has 1 aromatic carbocycles. The highest BCUT2D eigenvalue weighted by Crippen LogP contribution is 2.37. The molecular formula is C15H21ClN2O3. The van der Waals surface area contributed by atoms with E-state index in [0.29, 0.717) is 35.2 Å². The number of piperazine rings is 1. The van der Waals surface area contributed by atoms with Gasteiger partial charge in [0.25, 0.3) is 5.91 Å². The van der Waals surface area contributed by atoms with E-state index in [-0.39, 0.29) is 12.0 Å². The van der Waals surface area contributed by atoms with E-state index in [1.54, 1.807) is 12.1 Å². The standard InChI is InChI=1S/C15H21ClN2O3/c1-10(2)21-14-12(16)8-11(9-13(14)20-3)15(19)18-6-4-17-5-7-18/h8-10,17H,4-7H2,1-3H3. The van der Waals surface area contributed by atoms with Gasteiger partial charge >= 0.3 is 0 Å². The molecule has 0 spiro atoms. The summed E-state index contributed by atoms with van der Waals surface area (Å²) in [5.74, 6) is 0.925. The molecule has 1 amide bonds. The first kappa shape index (κ1) is 15.9. The Morgan fingerprint density at radius 1 is 1.33 bits per heavy atom. The lowest BCUT2D eigenvalue weighted by Crippen LogP contribution is -2.46. The molecule has 1 saturated heterocycles. The van der Waals surface area contributed by atoms with Gasteiger partial charge in [0.15, 0.2) is 11.5 Å². The second-order valence-electron chi connectivity index (χ2n) is 5.20. The van der Waals surface area contributed by atoms with Gasteiger partial charge in [0.05, 0.1) is 18.2 Å². The smallest absolute Gasteiger partial charge is 0.254 e. The minimum atomic E-state index is -0.0344. The van der Waals surface area contributed by atoms with Crippen molar-refractivity contribution in [3.05, 3.63) is 22.7 Å². The zero-order valence-corrected chi connectivity index (χ0v) is 13.4. The van der Waals surface area contributed by atoms with Crippen LogP contribution < -0.4 is 14.8 Å². The van der Waals surface area contributed by atoms with Gasteiger partial charge in [-0.15, -0.1) is 0 Å². The minimum Gasteiger partial charge on any atom is -0.493 e. The molecule has 1 fully saturated rings. The molecule has 0 aliphatic carbocycles. The third kappa shape index (κ3) is 3.80. The maximum Gasteiger partial charge on any atom is 0.254 e. The number of hydrogen-bond donors (Lipinski definition) is 1. The predicted molar refractivity (Wildman–Crippen MR) is 82.5 cm³/mol. The van der Waals surface area contributed by atoms with Crippen molar-refractivity contribution in [1.29, 1.82) is 0 Å². The summed E-state index contributed by atoms with van der Waals surface area (Å²) in [6.45, 7) is 6.84. The number of hydrogen-bond acceptors (Lipinski definition) is 4. The number of amides is 1. The number of rotatable bonds is 4. The van der Waals surface area contributed by atoms with Crippen LogP contribution in [0.1, 0.15) is 24.2 Å². The Hall–Kier alpha value is -1.46. The van der Waals surface area contributed by atoms with E-state index in [1.165, 1.54) is 7.11 Å². The zero-order valence-electron chi connectivity index (χ0n) is 12.6.